The summed E-state index contributed by atoms with van der Waals surface area (Å²) in [5.41, 5.74) is 1.48. The van der Waals surface area contributed by atoms with E-state index in [1.807, 2.05) is 24.3 Å². The average molecular weight is 489 g/mol. The lowest BCUT2D eigenvalue weighted by Crippen LogP contribution is -2.31. The van der Waals surface area contributed by atoms with Crippen molar-refractivity contribution in [2.75, 3.05) is 0 Å². The van der Waals surface area contributed by atoms with Gasteiger partial charge in [0.25, 0.3) is 11.8 Å². The molecule has 1 aliphatic heterocycles. The zero-order valence-corrected chi connectivity index (χ0v) is 20.0. The third-order valence-electron chi connectivity index (χ3n) is 5.80. The van der Waals surface area contributed by atoms with Crippen molar-refractivity contribution in [3.63, 3.8) is 0 Å². The van der Waals surface area contributed by atoms with Crippen LogP contribution in [0.4, 0.5) is 13.2 Å². The summed E-state index contributed by atoms with van der Waals surface area (Å²) in [4.78, 5) is 31.8. The van der Waals surface area contributed by atoms with Crippen LogP contribution in [0.25, 0.3) is 5.57 Å². The van der Waals surface area contributed by atoms with Gasteiger partial charge in [-0.15, -0.1) is 0 Å². The maximum absolute atomic E-state index is 13.3. The Morgan fingerprint density at radius 3 is 2.00 bits per heavy atom. The third-order valence-corrected chi connectivity index (χ3v) is 5.80. The smallest absolute Gasteiger partial charge is 0.269 e. The summed E-state index contributed by atoms with van der Waals surface area (Å²) in [7, 11) is 0. The van der Waals surface area contributed by atoms with E-state index in [0.717, 1.165) is 22.6 Å². The summed E-state index contributed by atoms with van der Waals surface area (Å²) >= 11 is 0. The number of nitrogens with zero attached hydrogens (tertiary/aromatic N) is 2. The number of carbonyl (C=O) groups excluding carboxylic acids is 2. The lowest BCUT2D eigenvalue weighted by atomic mass is 9.87. The number of amides is 2. The van der Waals surface area contributed by atoms with E-state index < -0.39 is 23.6 Å². The van der Waals surface area contributed by atoms with Gasteiger partial charge in [-0.3, -0.25) is 19.5 Å². The first kappa shape index (κ1) is 24.9. The number of carbonyl (C=O) groups is 2. The van der Waals surface area contributed by atoms with Crippen LogP contribution in [-0.4, -0.2) is 21.7 Å². The van der Waals surface area contributed by atoms with Crippen molar-refractivity contribution in [2.24, 2.45) is 0 Å². The molecule has 2 amide bonds. The topological polar surface area (TPSA) is 50.3 Å². The lowest BCUT2D eigenvalue weighted by Gasteiger charge is -2.18. The molecule has 0 unspecified atom stereocenters. The average Bonchev–Trinajstić information content (AvgIpc) is 3.07. The molecule has 1 aromatic heterocycles. The van der Waals surface area contributed by atoms with Crippen molar-refractivity contribution in [2.45, 2.75) is 38.9 Å². The first-order valence-electron chi connectivity index (χ1n) is 11.3. The zero-order valence-electron chi connectivity index (χ0n) is 20.0. The first-order chi connectivity index (χ1) is 16.9. The van der Waals surface area contributed by atoms with Gasteiger partial charge in [-0.2, -0.15) is 13.2 Å². The van der Waals surface area contributed by atoms with Crippen LogP contribution in [-0.2, 0) is 27.7 Å². The van der Waals surface area contributed by atoms with Gasteiger partial charge in [0.2, 0.25) is 0 Å². The molecule has 0 N–H and O–H groups in total. The second-order valence-corrected chi connectivity index (χ2v) is 9.42. The molecule has 0 bridgehead atoms. The second kappa shape index (κ2) is 9.46. The van der Waals surface area contributed by atoms with Crippen LogP contribution in [0.2, 0.25) is 0 Å². The largest absolute Gasteiger partial charge is 0.416 e. The van der Waals surface area contributed by atoms with Gasteiger partial charge in [0.15, 0.2) is 0 Å². The van der Waals surface area contributed by atoms with E-state index in [1.165, 1.54) is 12.1 Å². The van der Waals surface area contributed by atoms with Crippen molar-refractivity contribution in [3.05, 3.63) is 106 Å². The SMILES string of the molecule is CC(C)(C)c1ccc(C#CC2=C(c3ccc(C(F)(F)F)cc3)C(=O)N(Cc3ccccn3)C2=O)cc1. The number of hydrogen-bond donors (Lipinski definition) is 0. The van der Waals surface area contributed by atoms with Gasteiger partial charge in [0.05, 0.1) is 23.4 Å². The maximum Gasteiger partial charge on any atom is 0.416 e. The molecule has 0 saturated heterocycles. The molecule has 2 aromatic carbocycles. The molecule has 0 atom stereocenters. The Kier molecular flexibility index (Phi) is 6.55. The fraction of sp³-hybridized carbons (Fsp3) is 0.207. The van der Waals surface area contributed by atoms with Crippen LogP contribution in [0.15, 0.2) is 78.5 Å². The molecule has 0 saturated carbocycles. The van der Waals surface area contributed by atoms with E-state index in [2.05, 4.69) is 37.6 Å². The molecule has 182 valence electrons. The zero-order chi connectivity index (χ0) is 26.1. The van der Waals surface area contributed by atoms with Gasteiger partial charge >= 0.3 is 6.18 Å². The fourth-order valence-electron chi connectivity index (χ4n) is 3.77. The lowest BCUT2D eigenvalue weighted by molar-refractivity contribution is -0.138. The Morgan fingerprint density at radius 1 is 0.806 bits per heavy atom. The standard InChI is InChI=1S/C29H23F3N2O2/c1-28(2,3)21-12-7-19(8-13-21)9-16-24-25(20-10-14-22(15-11-20)29(30,31)32)27(36)34(26(24)35)18-23-6-4-5-17-33-23/h4-8,10-15,17H,18H2,1-3H3. The summed E-state index contributed by atoms with van der Waals surface area (Å²) in [6.07, 6.45) is -2.97. The minimum Gasteiger partial charge on any atom is -0.269 e. The third kappa shape index (κ3) is 5.23. The molecule has 3 aromatic rings. The highest BCUT2D eigenvalue weighted by Gasteiger charge is 2.39. The van der Waals surface area contributed by atoms with Crippen molar-refractivity contribution < 1.29 is 22.8 Å². The molecule has 2 heterocycles. The number of pyridine rings is 1. The molecule has 1 aliphatic rings. The van der Waals surface area contributed by atoms with E-state index >= 15 is 0 Å². The Hall–Kier alpha value is -4.18. The van der Waals surface area contributed by atoms with Crippen LogP contribution < -0.4 is 0 Å². The second-order valence-electron chi connectivity index (χ2n) is 9.42. The highest BCUT2D eigenvalue weighted by Crippen LogP contribution is 2.34. The molecule has 0 aliphatic carbocycles. The van der Waals surface area contributed by atoms with E-state index in [0.29, 0.717) is 11.3 Å². The molecule has 7 heteroatoms. The van der Waals surface area contributed by atoms with Crippen LogP contribution >= 0.6 is 0 Å². The molecule has 0 spiro atoms. The summed E-state index contributed by atoms with van der Waals surface area (Å²) in [5.74, 6) is 4.51. The minimum atomic E-state index is -4.52. The highest BCUT2D eigenvalue weighted by atomic mass is 19.4. The number of alkyl halides is 3. The Balaban J connectivity index is 1.75. The minimum absolute atomic E-state index is 0.0246. The van der Waals surface area contributed by atoms with Crippen molar-refractivity contribution >= 4 is 17.4 Å². The Morgan fingerprint density at radius 2 is 1.44 bits per heavy atom. The summed E-state index contributed by atoms with van der Waals surface area (Å²) in [6, 6.07) is 16.8. The predicted molar refractivity (Wildman–Crippen MR) is 130 cm³/mol. The monoisotopic (exact) mass is 488 g/mol. The van der Waals surface area contributed by atoms with Crippen LogP contribution in [0.3, 0.4) is 0 Å². The molecule has 36 heavy (non-hydrogen) atoms. The number of rotatable bonds is 3. The van der Waals surface area contributed by atoms with E-state index in [1.54, 1.807) is 24.4 Å². The number of benzene rings is 2. The fourth-order valence-corrected chi connectivity index (χ4v) is 3.77. The summed E-state index contributed by atoms with van der Waals surface area (Å²) < 4.78 is 39.2. The first-order valence-corrected chi connectivity index (χ1v) is 11.3. The van der Waals surface area contributed by atoms with Gasteiger partial charge in [0.1, 0.15) is 5.57 Å². The van der Waals surface area contributed by atoms with Gasteiger partial charge in [0, 0.05) is 11.8 Å². The molecule has 4 nitrogen and oxygen atoms in total. The van der Waals surface area contributed by atoms with Crippen molar-refractivity contribution in [1.29, 1.82) is 0 Å². The summed E-state index contributed by atoms with van der Waals surface area (Å²) in [5, 5.41) is 0. The van der Waals surface area contributed by atoms with Crippen LogP contribution in [0.1, 0.15) is 48.7 Å². The van der Waals surface area contributed by atoms with Crippen LogP contribution in [0.5, 0.6) is 0 Å². The quantitative estimate of drug-likeness (QED) is 0.347. The highest BCUT2D eigenvalue weighted by molar-refractivity contribution is 6.37. The van der Waals surface area contributed by atoms with E-state index in [9.17, 15) is 22.8 Å². The van der Waals surface area contributed by atoms with E-state index in [4.69, 9.17) is 0 Å². The number of imide groups is 1. The number of aromatic nitrogens is 1. The maximum atomic E-state index is 13.3. The molecule has 4 rings (SSSR count). The van der Waals surface area contributed by atoms with Gasteiger partial charge in [-0.25, -0.2) is 0 Å². The number of halogens is 3. The Bertz CT molecular complexity index is 1390. The molecule has 0 radical (unpaired) electrons. The van der Waals surface area contributed by atoms with Gasteiger partial charge in [-0.05, 0) is 52.9 Å². The number of hydrogen-bond acceptors (Lipinski definition) is 3. The van der Waals surface area contributed by atoms with Crippen LogP contribution in [0, 0.1) is 11.8 Å². The van der Waals surface area contributed by atoms with Gasteiger partial charge in [-0.1, -0.05) is 62.9 Å². The molecular weight excluding hydrogens is 465 g/mol. The normalized spacial score (nSPS) is 14.2. The Labute approximate surface area is 207 Å². The molecular formula is C29H23F3N2O2. The van der Waals surface area contributed by atoms with Crippen molar-refractivity contribution in [1.82, 2.24) is 9.88 Å². The van der Waals surface area contributed by atoms with Gasteiger partial charge < -0.3 is 0 Å². The summed E-state index contributed by atoms with van der Waals surface area (Å²) in [6.45, 7) is 6.20. The van der Waals surface area contributed by atoms with Crippen molar-refractivity contribution in [3.8, 4) is 11.8 Å². The van der Waals surface area contributed by atoms with E-state index in [-0.39, 0.29) is 28.7 Å². The predicted octanol–water partition coefficient (Wildman–Crippen LogP) is 5.77. The molecule has 0 fully saturated rings.